The molecular formula is C12H12FN3OS2. The fourth-order valence-electron chi connectivity index (χ4n) is 1.38. The molecule has 4 nitrogen and oxygen atoms in total. The molecule has 0 aliphatic carbocycles. The average molecular weight is 297 g/mol. The maximum Gasteiger partial charge on any atom is 0.208 e. The molecule has 0 aliphatic heterocycles. The summed E-state index contributed by atoms with van der Waals surface area (Å²) < 4.78 is 13.9. The number of halogens is 1. The first kappa shape index (κ1) is 14.0. The van der Waals surface area contributed by atoms with Crippen LogP contribution in [0.4, 0.5) is 9.52 Å². The molecule has 1 heterocycles. The minimum absolute atomic E-state index is 0.167. The number of Topliss-reactive ketones (excluding diaryl/α,β-unsaturated/α-hetero) is 1. The zero-order valence-corrected chi connectivity index (χ0v) is 12.3. The molecular weight excluding hydrogens is 285 g/mol. The third-order valence-corrected chi connectivity index (χ3v) is 4.51. The number of ketones is 1. The molecule has 100 valence electrons. The molecule has 2 aromatic rings. The summed E-state index contributed by atoms with van der Waals surface area (Å²) in [7, 11) is 3.77. The topological polar surface area (TPSA) is 46.1 Å². The van der Waals surface area contributed by atoms with E-state index in [0.29, 0.717) is 10.5 Å². The maximum absolute atomic E-state index is 13.2. The van der Waals surface area contributed by atoms with Crippen molar-refractivity contribution in [2.24, 2.45) is 0 Å². The van der Waals surface area contributed by atoms with Gasteiger partial charge in [0.2, 0.25) is 5.13 Å². The molecule has 0 saturated heterocycles. The van der Waals surface area contributed by atoms with Crippen LogP contribution in [0.1, 0.15) is 17.3 Å². The number of hydrogen-bond donors (Lipinski definition) is 0. The zero-order chi connectivity index (χ0) is 14.0. The summed E-state index contributed by atoms with van der Waals surface area (Å²) in [5.41, 5.74) is 0.367. The van der Waals surface area contributed by atoms with E-state index >= 15 is 0 Å². The monoisotopic (exact) mass is 297 g/mol. The van der Waals surface area contributed by atoms with Crippen LogP contribution in [0.15, 0.2) is 27.4 Å². The van der Waals surface area contributed by atoms with Crippen molar-refractivity contribution < 1.29 is 9.18 Å². The smallest absolute Gasteiger partial charge is 0.208 e. The van der Waals surface area contributed by atoms with Gasteiger partial charge in [-0.15, -0.1) is 10.2 Å². The van der Waals surface area contributed by atoms with E-state index in [1.54, 1.807) is 6.07 Å². The second-order valence-corrected chi connectivity index (χ2v) is 6.29. The van der Waals surface area contributed by atoms with Crippen LogP contribution in [-0.2, 0) is 0 Å². The summed E-state index contributed by atoms with van der Waals surface area (Å²) in [6.07, 6.45) is 0. The standard InChI is InChI=1S/C12H12FN3OS2/c1-7(17)9-6-8(13)4-5-10(9)18-12-15-14-11(19-12)16(2)3/h4-6H,1-3H3. The van der Waals surface area contributed by atoms with Crippen molar-refractivity contribution >= 4 is 34.0 Å². The third-order valence-electron chi connectivity index (χ3n) is 2.30. The van der Waals surface area contributed by atoms with Gasteiger partial charge in [0.25, 0.3) is 0 Å². The van der Waals surface area contributed by atoms with Gasteiger partial charge in [0, 0.05) is 24.6 Å². The number of carbonyl (C=O) groups excluding carboxylic acids is 1. The Morgan fingerprint density at radius 1 is 1.37 bits per heavy atom. The van der Waals surface area contributed by atoms with Crippen molar-refractivity contribution in [3.05, 3.63) is 29.6 Å². The van der Waals surface area contributed by atoms with Crippen molar-refractivity contribution in [1.82, 2.24) is 10.2 Å². The van der Waals surface area contributed by atoms with Gasteiger partial charge >= 0.3 is 0 Å². The van der Waals surface area contributed by atoms with Crippen molar-refractivity contribution in [3.8, 4) is 0 Å². The van der Waals surface area contributed by atoms with Crippen molar-refractivity contribution in [2.75, 3.05) is 19.0 Å². The van der Waals surface area contributed by atoms with Gasteiger partial charge in [-0.05, 0) is 25.1 Å². The van der Waals surface area contributed by atoms with Gasteiger partial charge in [0.15, 0.2) is 10.1 Å². The lowest BCUT2D eigenvalue weighted by Crippen LogP contribution is -2.07. The number of carbonyl (C=O) groups is 1. The average Bonchev–Trinajstić information content (AvgIpc) is 2.80. The molecule has 0 aliphatic rings. The predicted molar refractivity (Wildman–Crippen MR) is 74.8 cm³/mol. The summed E-state index contributed by atoms with van der Waals surface area (Å²) in [5, 5.41) is 8.85. The van der Waals surface area contributed by atoms with Crippen molar-refractivity contribution in [1.29, 1.82) is 0 Å². The Labute approximate surface area is 118 Å². The quantitative estimate of drug-likeness (QED) is 0.812. The van der Waals surface area contributed by atoms with Crippen LogP contribution >= 0.6 is 23.1 Å². The number of nitrogens with zero attached hydrogens (tertiary/aromatic N) is 3. The normalized spacial score (nSPS) is 10.5. The van der Waals surface area contributed by atoms with Crippen LogP contribution in [0.3, 0.4) is 0 Å². The van der Waals surface area contributed by atoms with E-state index in [1.165, 1.54) is 42.2 Å². The highest BCUT2D eigenvalue weighted by Gasteiger charge is 2.13. The molecule has 0 bridgehead atoms. The maximum atomic E-state index is 13.2. The van der Waals surface area contributed by atoms with Gasteiger partial charge in [-0.1, -0.05) is 23.1 Å². The SMILES string of the molecule is CC(=O)c1cc(F)ccc1Sc1nnc(N(C)C)s1. The molecule has 0 fully saturated rings. The first-order chi connectivity index (χ1) is 8.97. The highest BCUT2D eigenvalue weighted by molar-refractivity contribution is 8.01. The molecule has 0 saturated carbocycles. The van der Waals surface area contributed by atoms with Crippen LogP contribution in [0, 0.1) is 5.82 Å². The molecule has 7 heteroatoms. The van der Waals surface area contributed by atoms with Crippen LogP contribution in [0.5, 0.6) is 0 Å². The first-order valence-corrected chi connectivity index (χ1v) is 7.10. The largest absolute Gasteiger partial charge is 0.353 e. The molecule has 0 spiro atoms. The molecule has 0 unspecified atom stereocenters. The number of benzene rings is 1. The molecule has 1 aromatic heterocycles. The number of rotatable bonds is 4. The first-order valence-electron chi connectivity index (χ1n) is 5.46. The molecule has 0 atom stereocenters. The number of aromatic nitrogens is 2. The molecule has 2 rings (SSSR count). The summed E-state index contributed by atoms with van der Waals surface area (Å²) in [4.78, 5) is 14.1. The number of anilines is 1. The number of hydrogen-bond acceptors (Lipinski definition) is 6. The Hall–Kier alpha value is -1.47. The molecule has 0 radical (unpaired) electrons. The van der Waals surface area contributed by atoms with Crippen molar-refractivity contribution in [2.45, 2.75) is 16.2 Å². The summed E-state index contributed by atoms with van der Waals surface area (Å²) in [6.45, 7) is 1.42. The van der Waals surface area contributed by atoms with E-state index in [-0.39, 0.29) is 5.78 Å². The fourth-order valence-corrected chi connectivity index (χ4v) is 3.27. The minimum Gasteiger partial charge on any atom is -0.353 e. The highest BCUT2D eigenvalue weighted by atomic mass is 32.2. The van der Waals surface area contributed by atoms with Gasteiger partial charge < -0.3 is 4.90 Å². The van der Waals surface area contributed by atoms with Crippen LogP contribution < -0.4 is 4.90 Å². The molecule has 0 N–H and O–H groups in total. The minimum atomic E-state index is -0.416. The van der Waals surface area contributed by atoms with Gasteiger partial charge in [-0.2, -0.15) is 0 Å². The lowest BCUT2D eigenvalue weighted by molar-refractivity contribution is 0.101. The lowest BCUT2D eigenvalue weighted by atomic mass is 10.1. The van der Waals surface area contributed by atoms with Crippen LogP contribution in [0.2, 0.25) is 0 Å². The van der Waals surface area contributed by atoms with E-state index < -0.39 is 5.82 Å². The highest BCUT2D eigenvalue weighted by Crippen LogP contribution is 2.34. The van der Waals surface area contributed by atoms with E-state index in [2.05, 4.69) is 10.2 Å². The van der Waals surface area contributed by atoms with E-state index in [1.807, 2.05) is 19.0 Å². The second-order valence-electron chi connectivity index (χ2n) is 4.04. The van der Waals surface area contributed by atoms with E-state index in [4.69, 9.17) is 0 Å². The van der Waals surface area contributed by atoms with Crippen molar-refractivity contribution in [3.63, 3.8) is 0 Å². The van der Waals surface area contributed by atoms with Gasteiger partial charge in [-0.25, -0.2) is 4.39 Å². The van der Waals surface area contributed by atoms with Gasteiger partial charge in [0.05, 0.1) is 0 Å². The van der Waals surface area contributed by atoms with Gasteiger partial charge in [0.1, 0.15) is 5.82 Å². The summed E-state index contributed by atoms with van der Waals surface area (Å²) >= 11 is 2.74. The van der Waals surface area contributed by atoms with Crippen LogP contribution in [0.25, 0.3) is 0 Å². The van der Waals surface area contributed by atoms with E-state index in [0.717, 1.165) is 9.47 Å². The Bertz CT molecular complexity index is 613. The Morgan fingerprint density at radius 3 is 2.68 bits per heavy atom. The summed E-state index contributed by atoms with van der Waals surface area (Å²) in [6, 6.07) is 4.18. The Morgan fingerprint density at radius 2 is 2.11 bits per heavy atom. The fraction of sp³-hybridized carbons (Fsp3) is 0.250. The lowest BCUT2D eigenvalue weighted by Gasteiger charge is -2.05. The third kappa shape index (κ3) is 3.30. The van der Waals surface area contributed by atoms with Gasteiger partial charge in [-0.3, -0.25) is 4.79 Å². The molecule has 0 amide bonds. The molecule has 19 heavy (non-hydrogen) atoms. The Balaban J connectivity index is 2.29. The van der Waals surface area contributed by atoms with E-state index in [9.17, 15) is 9.18 Å². The summed E-state index contributed by atoms with van der Waals surface area (Å²) in [5.74, 6) is -0.583. The predicted octanol–water partition coefficient (Wildman–Crippen LogP) is 3.10. The van der Waals surface area contributed by atoms with Crippen LogP contribution in [-0.4, -0.2) is 30.1 Å². The molecule has 1 aromatic carbocycles. The Kier molecular flexibility index (Phi) is 4.16. The zero-order valence-electron chi connectivity index (χ0n) is 10.7. The second kappa shape index (κ2) is 5.66.